The Morgan fingerprint density at radius 1 is 1.16 bits per heavy atom. The van der Waals surface area contributed by atoms with Crippen molar-refractivity contribution in [1.29, 1.82) is 0 Å². The van der Waals surface area contributed by atoms with Crippen LogP contribution >= 0.6 is 0 Å². The second kappa shape index (κ2) is 10.1. The number of nitrogens with one attached hydrogen (secondary N) is 4. The molecule has 1 aromatic carbocycles. The molecule has 4 N–H and O–H groups in total. The van der Waals surface area contributed by atoms with Crippen molar-refractivity contribution in [3.05, 3.63) is 29.3 Å². The molecule has 0 unspecified atom stereocenters. The molecule has 1 aliphatic carbocycles. The molecule has 4 rings (SSSR count). The number of aryl methyl sites for hydroxylation is 1. The maximum atomic E-state index is 12.1. The van der Waals surface area contributed by atoms with Gasteiger partial charge in [0.15, 0.2) is 0 Å². The van der Waals surface area contributed by atoms with Gasteiger partial charge >= 0.3 is 0 Å². The van der Waals surface area contributed by atoms with Gasteiger partial charge in [0.25, 0.3) is 5.91 Å². The monoisotopic (exact) mass is 438 g/mol. The highest BCUT2D eigenvalue weighted by Crippen LogP contribution is 2.27. The van der Waals surface area contributed by atoms with E-state index in [2.05, 4.69) is 38.2 Å². The maximum absolute atomic E-state index is 12.1. The molecule has 1 atom stereocenters. The highest BCUT2D eigenvalue weighted by Gasteiger charge is 2.21. The first-order valence-electron chi connectivity index (χ1n) is 11.6. The van der Waals surface area contributed by atoms with Crippen molar-refractivity contribution in [3.8, 4) is 0 Å². The van der Waals surface area contributed by atoms with Crippen LogP contribution in [-0.4, -0.2) is 60.6 Å². The van der Waals surface area contributed by atoms with Crippen molar-refractivity contribution in [3.63, 3.8) is 0 Å². The predicted octanol–water partition coefficient (Wildman–Crippen LogP) is 2.68. The van der Waals surface area contributed by atoms with Crippen molar-refractivity contribution >= 4 is 29.4 Å². The summed E-state index contributed by atoms with van der Waals surface area (Å²) in [6.07, 6.45) is 6.20. The van der Waals surface area contributed by atoms with Gasteiger partial charge in [-0.1, -0.05) is 18.9 Å². The van der Waals surface area contributed by atoms with Crippen LogP contribution in [0.1, 0.15) is 48.0 Å². The molecule has 0 bridgehead atoms. The molecule has 1 amide bonds. The van der Waals surface area contributed by atoms with Crippen LogP contribution < -0.4 is 26.2 Å². The molecule has 172 valence electrons. The number of nitrogens with zero attached hydrogens (tertiary/aromatic N) is 4. The third kappa shape index (κ3) is 5.45. The number of hydrogen-bond donors (Lipinski definition) is 4. The zero-order chi connectivity index (χ0) is 22.5. The van der Waals surface area contributed by atoms with E-state index in [9.17, 15) is 4.79 Å². The third-order valence-electron chi connectivity index (χ3n) is 6.34. The number of rotatable bonds is 8. The predicted molar refractivity (Wildman–Crippen MR) is 128 cm³/mol. The van der Waals surface area contributed by atoms with Crippen LogP contribution in [0, 0.1) is 12.8 Å². The largest absolute Gasteiger partial charge is 0.355 e. The van der Waals surface area contributed by atoms with Gasteiger partial charge in [-0.15, -0.1) is 0 Å². The fourth-order valence-corrected chi connectivity index (χ4v) is 4.44. The van der Waals surface area contributed by atoms with Gasteiger partial charge in [0.1, 0.15) is 0 Å². The summed E-state index contributed by atoms with van der Waals surface area (Å²) < 4.78 is 0. The number of carbonyl (C=O) groups excluding carboxylic acids is 1. The lowest BCUT2D eigenvalue weighted by Crippen LogP contribution is -2.28. The topological polar surface area (TPSA) is 107 Å². The standard InChI is InChI=1S/C23H34N8O/c1-15-8-9-17(20(32)24-2)12-19(15)27-22-28-21(26-18-10-11-25-13-18)29-23(30-22)31(3)14-16-6-4-5-7-16/h8-9,12,16,18,25H,4-7,10-11,13-14H2,1-3H3,(H,24,32)(H2,26,27,28,29,30)/t18-/m0/s1. The summed E-state index contributed by atoms with van der Waals surface area (Å²) in [7, 11) is 3.68. The maximum Gasteiger partial charge on any atom is 0.251 e. The lowest BCUT2D eigenvalue weighted by molar-refractivity contribution is 0.0963. The van der Waals surface area contributed by atoms with E-state index in [1.165, 1.54) is 25.7 Å². The molecule has 1 saturated carbocycles. The second-order valence-electron chi connectivity index (χ2n) is 8.88. The first-order valence-corrected chi connectivity index (χ1v) is 11.6. The summed E-state index contributed by atoms with van der Waals surface area (Å²) in [5.74, 6) is 2.26. The molecule has 2 aromatic rings. The Morgan fingerprint density at radius 3 is 2.66 bits per heavy atom. The molecule has 1 saturated heterocycles. The second-order valence-corrected chi connectivity index (χ2v) is 8.88. The van der Waals surface area contributed by atoms with E-state index in [1.807, 2.05) is 25.1 Å². The number of carbonyl (C=O) groups is 1. The minimum atomic E-state index is -0.128. The van der Waals surface area contributed by atoms with Gasteiger partial charge in [-0.25, -0.2) is 0 Å². The van der Waals surface area contributed by atoms with Crippen LogP contribution in [-0.2, 0) is 0 Å². The minimum absolute atomic E-state index is 0.128. The van der Waals surface area contributed by atoms with Crippen LogP contribution in [0.4, 0.5) is 23.5 Å². The average molecular weight is 439 g/mol. The van der Waals surface area contributed by atoms with Crippen molar-refractivity contribution in [2.24, 2.45) is 5.92 Å². The lowest BCUT2D eigenvalue weighted by atomic mass is 10.1. The van der Waals surface area contributed by atoms with Gasteiger partial charge in [0.05, 0.1) is 0 Å². The number of amides is 1. The van der Waals surface area contributed by atoms with Gasteiger partial charge in [-0.2, -0.15) is 15.0 Å². The highest BCUT2D eigenvalue weighted by atomic mass is 16.1. The van der Waals surface area contributed by atoms with Gasteiger partial charge in [-0.3, -0.25) is 4.79 Å². The van der Waals surface area contributed by atoms with E-state index in [0.717, 1.165) is 37.3 Å². The smallest absolute Gasteiger partial charge is 0.251 e. The molecular formula is C23H34N8O. The van der Waals surface area contributed by atoms with Crippen LogP contribution in [0.25, 0.3) is 0 Å². The first kappa shape index (κ1) is 22.3. The van der Waals surface area contributed by atoms with Gasteiger partial charge in [0, 0.05) is 44.5 Å². The van der Waals surface area contributed by atoms with E-state index in [1.54, 1.807) is 7.05 Å². The summed E-state index contributed by atoms with van der Waals surface area (Å²) in [6.45, 7) is 4.83. The Labute approximate surface area is 189 Å². The summed E-state index contributed by atoms with van der Waals surface area (Å²) in [5, 5.41) is 12.8. The highest BCUT2D eigenvalue weighted by molar-refractivity contribution is 5.95. The fourth-order valence-electron chi connectivity index (χ4n) is 4.44. The normalized spacial score (nSPS) is 18.5. The van der Waals surface area contributed by atoms with E-state index in [4.69, 9.17) is 9.97 Å². The van der Waals surface area contributed by atoms with E-state index >= 15 is 0 Å². The molecular weight excluding hydrogens is 404 g/mol. The number of hydrogen-bond acceptors (Lipinski definition) is 8. The summed E-state index contributed by atoms with van der Waals surface area (Å²) in [5.41, 5.74) is 2.40. The molecule has 2 aliphatic rings. The van der Waals surface area contributed by atoms with Crippen molar-refractivity contribution in [1.82, 2.24) is 25.6 Å². The molecule has 32 heavy (non-hydrogen) atoms. The Bertz CT molecular complexity index is 938. The minimum Gasteiger partial charge on any atom is -0.355 e. The fraction of sp³-hybridized carbons (Fsp3) is 0.565. The Balaban J connectivity index is 1.60. The van der Waals surface area contributed by atoms with Crippen LogP contribution in [0.5, 0.6) is 0 Å². The summed E-state index contributed by atoms with van der Waals surface area (Å²) in [6, 6.07) is 5.86. The quantitative estimate of drug-likeness (QED) is 0.498. The third-order valence-corrected chi connectivity index (χ3v) is 6.34. The van der Waals surface area contributed by atoms with Crippen molar-refractivity contribution in [2.75, 3.05) is 49.3 Å². The molecule has 1 aliphatic heterocycles. The Morgan fingerprint density at radius 2 is 1.94 bits per heavy atom. The zero-order valence-electron chi connectivity index (χ0n) is 19.2. The molecule has 9 heteroatoms. The van der Waals surface area contributed by atoms with Crippen molar-refractivity contribution < 1.29 is 4.79 Å². The van der Waals surface area contributed by atoms with Gasteiger partial charge in [0.2, 0.25) is 17.8 Å². The summed E-state index contributed by atoms with van der Waals surface area (Å²) >= 11 is 0. The van der Waals surface area contributed by atoms with Crippen LogP contribution in [0.2, 0.25) is 0 Å². The molecule has 1 aromatic heterocycles. The number of aromatic nitrogens is 3. The van der Waals surface area contributed by atoms with E-state index in [0.29, 0.717) is 35.4 Å². The first-order chi connectivity index (χ1) is 15.5. The number of benzene rings is 1. The number of anilines is 4. The molecule has 2 fully saturated rings. The molecule has 0 radical (unpaired) electrons. The van der Waals surface area contributed by atoms with Crippen LogP contribution in [0.15, 0.2) is 18.2 Å². The SMILES string of the molecule is CNC(=O)c1ccc(C)c(Nc2nc(N[C@H]3CCNC3)nc(N(C)CC3CCCC3)n2)c1. The summed E-state index contributed by atoms with van der Waals surface area (Å²) in [4.78, 5) is 28.3. The molecule has 2 heterocycles. The van der Waals surface area contributed by atoms with Gasteiger partial charge < -0.3 is 26.2 Å². The van der Waals surface area contributed by atoms with Crippen LogP contribution in [0.3, 0.4) is 0 Å². The molecule has 0 spiro atoms. The average Bonchev–Trinajstić information content (AvgIpc) is 3.49. The Kier molecular flexibility index (Phi) is 7.04. The zero-order valence-corrected chi connectivity index (χ0v) is 19.2. The van der Waals surface area contributed by atoms with E-state index in [-0.39, 0.29) is 5.91 Å². The van der Waals surface area contributed by atoms with E-state index < -0.39 is 0 Å². The lowest BCUT2D eigenvalue weighted by Gasteiger charge is -2.22. The van der Waals surface area contributed by atoms with Gasteiger partial charge in [-0.05, 0) is 56.3 Å². The Hall–Kier alpha value is -2.94. The molecule has 9 nitrogen and oxygen atoms in total. The van der Waals surface area contributed by atoms with Crippen molar-refractivity contribution in [2.45, 2.75) is 45.1 Å².